The van der Waals surface area contributed by atoms with E-state index >= 15 is 0 Å². The Hall–Kier alpha value is -3.38. The van der Waals surface area contributed by atoms with Crippen molar-refractivity contribution in [1.29, 1.82) is 0 Å². The third kappa shape index (κ3) is 5.22. The first-order chi connectivity index (χ1) is 15.1. The molecule has 0 unspecified atom stereocenters. The second-order valence-electron chi connectivity index (χ2n) is 7.21. The number of hydrogen-bond acceptors (Lipinski definition) is 5. The molecule has 1 aromatic heterocycles. The smallest absolute Gasteiger partial charge is 0.331 e. The van der Waals surface area contributed by atoms with Crippen LogP contribution in [0.15, 0.2) is 66.9 Å². The topological polar surface area (TPSA) is 62.7 Å². The molecule has 3 aromatic rings. The number of esters is 1. The predicted octanol–water partition coefficient (Wildman–Crippen LogP) is 3.79. The molecule has 7 heteroatoms. The summed E-state index contributed by atoms with van der Waals surface area (Å²) < 4.78 is 5.15. The van der Waals surface area contributed by atoms with Crippen LogP contribution in [0.4, 0.5) is 5.69 Å². The summed E-state index contributed by atoms with van der Waals surface area (Å²) in [6.45, 7) is 2.27. The summed E-state index contributed by atoms with van der Waals surface area (Å²) in [4.78, 5) is 32.8. The van der Waals surface area contributed by atoms with Crippen LogP contribution in [0.25, 0.3) is 17.0 Å². The van der Waals surface area contributed by atoms with Crippen LogP contribution in [0.1, 0.15) is 5.56 Å². The highest BCUT2D eigenvalue weighted by Crippen LogP contribution is 2.21. The van der Waals surface area contributed by atoms with E-state index in [-0.39, 0.29) is 12.5 Å². The number of benzene rings is 2. The van der Waals surface area contributed by atoms with E-state index in [0.717, 1.165) is 22.2 Å². The van der Waals surface area contributed by atoms with Crippen LogP contribution >= 0.6 is 11.6 Å². The largest absolute Gasteiger partial charge is 0.452 e. The average molecular weight is 436 g/mol. The Balaban J connectivity index is 1.27. The van der Waals surface area contributed by atoms with E-state index in [0.29, 0.717) is 31.2 Å². The van der Waals surface area contributed by atoms with Gasteiger partial charge in [0.25, 0.3) is 5.91 Å². The molecule has 2 heterocycles. The van der Waals surface area contributed by atoms with Crippen LogP contribution in [0.3, 0.4) is 0 Å². The number of amides is 1. The molecule has 31 heavy (non-hydrogen) atoms. The number of piperazine rings is 1. The summed E-state index contributed by atoms with van der Waals surface area (Å²) in [7, 11) is 0. The number of pyridine rings is 1. The predicted molar refractivity (Wildman–Crippen MR) is 122 cm³/mol. The maximum Gasteiger partial charge on any atom is 0.331 e. The van der Waals surface area contributed by atoms with Gasteiger partial charge in [-0.05, 0) is 30.3 Å². The third-order valence-corrected chi connectivity index (χ3v) is 5.44. The van der Waals surface area contributed by atoms with Crippen molar-refractivity contribution in [2.24, 2.45) is 0 Å². The molecule has 0 N–H and O–H groups in total. The Morgan fingerprint density at radius 1 is 1.03 bits per heavy atom. The molecule has 0 radical (unpaired) electrons. The first-order valence-electron chi connectivity index (χ1n) is 10.1. The van der Waals surface area contributed by atoms with Crippen LogP contribution in [0.2, 0.25) is 5.02 Å². The number of anilines is 1. The Morgan fingerprint density at radius 3 is 2.61 bits per heavy atom. The number of ether oxygens (including phenoxy) is 1. The monoisotopic (exact) mass is 435 g/mol. The van der Waals surface area contributed by atoms with Gasteiger partial charge in [-0.15, -0.1) is 0 Å². The van der Waals surface area contributed by atoms with Gasteiger partial charge in [0.15, 0.2) is 6.61 Å². The Kier molecular flexibility index (Phi) is 6.48. The van der Waals surface area contributed by atoms with Gasteiger partial charge < -0.3 is 14.5 Å². The lowest BCUT2D eigenvalue weighted by molar-refractivity contribution is -0.148. The molecule has 0 atom stereocenters. The van der Waals surface area contributed by atoms with E-state index in [1.807, 2.05) is 54.6 Å². The van der Waals surface area contributed by atoms with Gasteiger partial charge in [-0.3, -0.25) is 9.78 Å². The first kappa shape index (κ1) is 20.9. The molecule has 0 bridgehead atoms. The quantitative estimate of drug-likeness (QED) is 0.450. The van der Waals surface area contributed by atoms with Crippen molar-refractivity contribution >= 4 is 46.1 Å². The maximum absolute atomic E-state index is 12.4. The van der Waals surface area contributed by atoms with E-state index in [9.17, 15) is 9.59 Å². The lowest BCUT2D eigenvalue weighted by Crippen LogP contribution is -2.49. The lowest BCUT2D eigenvalue weighted by atomic mass is 10.1. The number of aromatic nitrogens is 1. The van der Waals surface area contributed by atoms with Gasteiger partial charge in [-0.1, -0.05) is 41.9 Å². The molecule has 0 saturated carbocycles. The van der Waals surface area contributed by atoms with Crippen molar-refractivity contribution in [3.63, 3.8) is 0 Å². The van der Waals surface area contributed by atoms with Crippen molar-refractivity contribution in [3.05, 3.63) is 77.5 Å². The molecule has 4 rings (SSSR count). The Labute approximate surface area is 185 Å². The highest BCUT2D eigenvalue weighted by Gasteiger charge is 2.22. The van der Waals surface area contributed by atoms with E-state index in [1.54, 1.807) is 17.2 Å². The molecule has 1 amide bonds. The average Bonchev–Trinajstić information content (AvgIpc) is 2.81. The molecule has 1 aliphatic rings. The molecule has 1 aliphatic heterocycles. The summed E-state index contributed by atoms with van der Waals surface area (Å²) in [6.07, 6.45) is 4.70. The zero-order chi connectivity index (χ0) is 21.6. The second-order valence-corrected chi connectivity index (χ2v) is 7.65. The van der Waals surface area contributed by atoms with Crippen LogP contribution in [-0.2, 0) is 14.3 Å². The molecule has 2 aromatic carbocycles. The van der Waals surface area contributed by atoms with Gasteiger partial charge >= 0.3 is 5.97 Å². The minimum Gasteiger partial charge on any atom is -0.452 e. The Bertz CT molecular complexity index is 1120. The van der Waals surface area contributed by atoms with Gasteiger partial charge in [0.05, 0.1) is 5.52 Å². The number of para-hydroxylation sites is 1. The first-order valence-corrected chi connectivity index (χ1v) is 10.4. The number of nitrogens with zero attached hydrogens (tertiary/aromatic N) is 3. The second kappa shape index (κ2) is 9.62. The fraction of sp³-hybridized carbons (Fsp3) is 0.208. The van der Waals surface area contributed by atoms with Gasteiger partial charge in [-0.25, -0.2) is 4.79 Å². The lowest BCUT2D eigenvalue weighted by Gasteiger charge is -2.36. The number of halogens is 1. The van der Waals surface area contributed by atoms with E-state index in [1.165, 1.54) is 6.08 Å². The van der Waals surface area contributed by atoms with Crippen molar-refractivity contribution in [3.8, 4) is 0 Å². The van der Waals surface area contributed by atoms with Crippen molar-refractivity contribution in [2.75, 3.05) is 37.7 Å². The maximum atomic E-state index is 12.4. The molecule has 1 fully saturated rings. The SMILES string of the molecule is O=C(/C=C/c1cccc2cccnc12)OCC(=O)N1CCN(c2cccc(Cl)c2)CC1. The number of rotatable bonds is 5. The van der Waals surface area contributed by atoms with Gasteiger partial charge in [0.1, 0.15) is 0 Å². The molecule has 6 nitrogen and oxygen atoms in total. The fourth-order valence-corrected chi connectivity index (χ4v) is 3.76. The molecular formula is C24H22ClN3O3. The van der Waals surface area contributed by atoms with E-state index in [2.05, 4.69) is 9.88 Å². The molecular weight excluding hydrogens is 414 g/mol. The standard InChI is InChI=1S/C24H22ClN3O3/c25-20-7-2-8-21(16-20)27-12-14-28(15-13-27)22(29)17-31-23(30)10-9-19-5-1-4-18-6-3-11-26-24(18)19/h1-11,16H,12-15,17H2/b10-9+. The molecule has 158 valence electrons. The number of carbonyl (C=O) groups is 2. The number of hydrogen-bond donors (Lipinski definition) is 0. The highest BCUT2D eigenvalue weighted by molar-refractivity contribution is 6.30. The summed E-state index contributed by atoms with van der Waals surface area (Å²) in [5.41, 5.74) is 2.67. The molecule has 0 spiro atoms. The van der Waals surface area contributed by atoms with Crippen molar-refractivity contribution < 1.29 is 14.3 Å². The Morgan fingerprint density at radius 2 is 1.81 bits per heavy atom. The van der Waals surface area contributed by atoms with Crippen LogP contribution in [0.5, 0.6) is 0 Å². The zero-order valence-corrected chi connectivity index (χ0v) is 17.7. The van der Waals surface area contributed by atoms with E-state index in [4.69, 9.17) is 16.3 Å². The van der Waals surface area contributed by atoms with Gasteiger partial charge in [-0.2, -0.15) is 0 Å². The van der Waals surface area contributed by atoms with Crippen LogP contribution in [-0.4, -0.2) is 54.5 Å². The van der Waals surface area contributed by atoms with Crippen LogP contribution in [0, 0.1) is 0 Å². The van der Waals surface area contributed by atoms with Crippen molar-refractivity contribution in [2.45, 2.75) is 0 Å². The normalized spacial score (nSPS) is 14.2. The minimum atomic E-state index is -0.557. The highest BCUT2D eigenvalue weighted by atomic mass is 35.5. The zero-order valence-electron chi connectivity index (χ0n) is 16.9. The summed E-state index contributed by atoms with van der Waals surface area (Å²) in [5, 5.41) is 1.68. The van der Waals surface area contributed by atoms with E-state index < -0.39 is 5.97 Å². The molecule has 0 aliphatic carbocycles. The van der Waals surface area contributed by atoms with Gasteiger partial charge in [0, 0.05) is 60.1 Å². The van der Waals surface area contributed by atoms with Gasteiger partial charge in [0.2, 0.25) is 0 Å². The number of fused-ring (bicyclic) bond motifs is 1. The third-order valence-electron chi connectivity index (χ3n) is 5.21. The summed E-state index contributed by atoms with van der Waals surface area (Å²) in [5.74, 6) is -0.752. The minimum absolute atomic E-state index is 0.195. The molecule has 1 saturated heterocycles. The number of carbonyl (C=O) groups excluding carboxylic acids is 2. The van der Waals surface area contributed by atoms with Crippen LogP contribution < -0.4 is 4.90 Å². The summed E-state index contributed by atoms with van der Waals surface area (Å²) in [6, 6.07) is 17.2. The van der Waals surface area contributed by atoms with Crippen molar-refractivity contribution in [1.82, 2.24) is 9.88 Å². The summed E-state index contributed by atoms with van der Waals surface area (Å²) >= 11 is 6.06. The fourth-order valence-electron chi connectivity index (χ4n) is 3.58.